The number of amides is 1. The summed E-state index contributed by atoms with van der Waals surface area (Å²) in [5.74, 6) is 0.826. The second-order valence-corrected chi connectivity index (χ2v) is 8.63. The number of anilines is 1. The van der Waals surface area contributed by atoms with Gasteiger partial charge in [-0.3, -0.25) is 9.36 Å². The molecule has 0 unspecified atom stereocenters. The van der Waals surface area contributed by atoms with Gasteiger partial charge in [0.25, 0.3) is 0 Å². The molecule has 8 heteroatoms. The Morgan fingerprint density at radius 3 is 2.47 bits per heavy atom. The van der Waals surface area contributed by atoms with E-state index in [2.05, 4.69) is 10.3 Å². The van der Waals surface area contributed by atoms with E-state index in [1.807, 2.05) is 53.1 Å². The lowest BCUT2D eigenvalue weighted by Crippen LogP contribution is -2.14. The fourth-order valence-electron chi connectivity index (χ4n) is 3.14. The average Bonchev–Trinajstić information content (AvgIpc) is 3.22. The standard InChI is InChI=1S/C24H19Cl2N3O2S/c1-31-21-11-5-16(6-12-21)22-14-27-24(29(22)20-9-7-17(25)8-10-20)32-15-23(30)28-19-4-2-3-18(26)13-19/h2-14H,15H2,1H3,(H,28,30). The molecule has 0 fully saturated rings. The molecule has 1 amide bonds. The molecule has 5 nitrogen and oxygen atoms in total. The summed E-state index contributed by atoms with van der Waals surface area (Å²) >= 11 is 13.4. The van der Waals surface area contributed by atoms with Crippen LogP contribution in [0.25, 0.3) is 16.9 Å². The van der Waals surface area contributed by atoms with Crippen LogP contribution in [0.5, 0.6) is 5.75 Å². The van der Waals surface area contributed by atoms with Crippen molar-refractivity contribution in [3.63, 3.8) is 0 Å². The number of imidazole rings is 1. The number of nitrogens with one attached hydrogen (secondary N) is 1. The fraction of sp³-hybridized carbons (Fsp3) is 0.0833. The van der Waals surface area contributed by atoms with Gasteiger partial charge in [0, 0.05) is 27.0 Å². The van der Waals surface area contributed by atoms with Crippen molar-refractivity contribution in [3.8, 4) is 22.7 Å². The highest BCUT2D eigenvalue weighted by molar-refractivity contribution is 7.99. The third-order valence-electron chi connectivity index (χ3n) is 4.64. The van der Waals surface area contributed by atoms with Gasteiger partial charge in [0.05, 0.1) is 24.8 Å². The molecule has 1 heterocycles. The third kappa shape index (κ3) is 5.27. The summed E-state index contributed by atoms with van der Waals surface area (Å²) in [6.07, 6.45) is 1.80. The molecular weight excluding hydrogens is 465 g/mol. The molecule has 0 spiro atoms. The zero-order valence-electron chi connectivity index (χ0n) is 17.1. The van der Waals surface area contributed by atoms with Crippen LogP contribution in [0.1, 0.15) is 0 Å². The van der Waals surface area contributed by atoms with E-state index in [0.717, 1.165) is 22.7 Å². The number of nitrogens with zero attached hydrogens (tertiary/aromatic N) is 2. The largest absolute Gasteiger partial charge is 0.497 e. The Bertz CT molecular complexity index is 1220. The van der Waals surface area contributed by atoms with E-state index >= 15 is 0 Å². The van der Waals surface area contributed by atoms with Crippen molar-refractivity contribution < 1.29 is 9.53 Å². The van der Waals surface area contributed by atoms with E-state index in [1.165, 1.54) is 11.8 Å². The van der Waals surface area contributed by atoms with Gasteiger partial charge in [0.1, 0.15) is 5.75 Å². The molecule has 32 heavy (non-hydrogen) atoms. The molecule has 1 aromatic heterocycles. The molecule has 0 radical (unpaired) electrons. The zero-order chi connectivity index (χ0) is 22.5. The number of ether oxygens (including phenoxy) is 1. The molecule has 0 saturated heterocycles. The van der Waals surface area contributed by atoms with Crippen LogP contribution in [0.2, 0.25) is 10.0 Å². The van der Waals surface area contributed by atoms with Gasteiger partial charge in [0.15, 0.2) is 5.16 Å². The van der Waals surface area contributed by atoms with Crippen LogP contribution >= 0.6 is 35.0 Å². The van der Waals surface area contributed by atoms with Crippen LogP contribution in [-0.2, 0) is 4.79 Å². The number of carbonyl (C=O) groups excluding carboxylic acids is 1. The molecule has 0 bridgehead atoms. The second-order valence-electron chi connectivity index (χ2n) is 6.81. The quantitative estimate of drug-likeness (QED) is 0.301. The summed E-state index contributed by atoms with van der Waals surface area (Å²) in [6, 6.07) is 22.3. The van der Waals surface area contributed by atoms with Crippen LogP contribution in [0.3, 0.4) is 0 Å². The van der Waals surface area contributed by atoms with Gasteiger partial charge in [-0.1, -0.05) is 41.0 Å². The Labute approximate surface area is 200 Å². The maximum Gasteiger partial charge on any atom is 0.234 e. The average molecular weight is 484 g/mol. The Morgan fingerprint density at radius 2 is 1.78 bits per heavy atom. The molecular formula is C24H19Cl2N3O2S. The van der Waals surface area contributed by atoms with Crippen molar-refractivity contribution in [2.75, 3.05) is 18.2 Å². The van der Waals surface area contributed by atoms with E-state index in [4.69, 9.17) is 27.9 Å². The first-order chi connectivity index (χ1) is 15.5. The Hall–Kier alpha value is -2.93. The van der Waals surface area contributed by atoms with Crippen LogP contribution < -0.4 is 10.1 Å². The zero-order valence-corrected chi connectivity index (χ0v) is 19.4. The van der Waals surface area contributed by atoms with Gasteiger partial charge in [-0.15, -0.1) is 0 Å². The summed E-state index contributed by atoms with van der Waals surface area (Å²) in [6.45, 7) is 0. The summed E-state index contributed by atoms with van der Waals surface area (Å²) < 4.78 is 7.27. The number of methoxy groups -OCH3 is 1. The van der Waals surface area contributed by atoms with Gasteiger partial charge >= 0.3 is 0 Å². The SMILES string of the molecule is COc1ccc(-c2cnc(SCC(=O)Nc3cccc(Cl)c3)n2-c2ccc(Cl)cc2)cc1. The Balaban J connectivity index is 1.60. The molecule has 4 aromatic rings. The number of benzene rings is 3. The smallest absolute Gasteiger partial charge is 0.234 e. The first kappa shape index (κ1) is 22.3. The predicted molar refractivity (Wildman–Crippen MR) is 131 cm³/mol. The van der Waals surface area contributed by atoms with Gasteiger partial charge in [-0.2, -0.15) is 0 Å². The monoisotopic (exact) mass is 483 g/mol. The second kappa shape index (κ2) is 10.1. The van der Waals surface area contributed by atoms with Gasteiger partial charge < -0.3 is 10.1 Å². The number of carbonyl (C=O) groups is 1. The van der Waals surface area contributed by atoms with Crippen molar-refractivity contribution in [2.24, 2.45) is 0 Å². The maximum absolute atomic E-state index is 12.5. The normalized spacial score (nSPS) is 10.7. The minimum absolute atomic E-state index is 0.145. The van der Waals surface area contributed by atoms with Crippen LogP contribution in [0, 0.1) is 0 Å². The lowest BCUT2D eigenvalue weighted by molar-refractivity contribution is -0.113. The number of hydrogen-bond donors (Lipinski definition) is 1. The Kier molecular flexibility index (Phi) is 7.05. The summed E-state index contributed by atoms with van der Waals surface area (Å²) in [7, 11) is 1.64. The molecule has 0 atom stereocenters. The number of hydrogen-bond acceptors (Lipinski definition) is 4. The summed E-state index contributed by atoms with van der Waals surface area (Å²) in [4.78, 5) is 17.1. The van der Waals surface area contributed by atoms with E-state index in [-0.39, 0.29) is 11.7 Å². The van der Waals surface area contributed by atoms with Crippen molar-refractivity contribution >= 4 is 46.6 Å². The van der Waals surface area contributed by atoms with Crippen molar-refractivity contribution in [3.05, 3.63) is 89.0 Å². The van der Waals surface area contributed by atoms with Crippen molar-refractivity contribution in [2.45, 2.75) is 5.16 Å². The number of rotatable bonds is 7. The van der Waals surface area contributed by atoms with Crippen molar-refractivity contribution in [1.82, 2.24) is 9.55 Å². The van der Waals surface area contributed by atoms with E-state index in [0.29, 0.717) is 20.9 Å². The molecule has 0 aliphatic rings. The van der Waals surface area contributed by atoms with Gasteiger partial charge in [-0.25, -0.2) is 4.98 Å². The topological polar surface area (TPSA) is 56.1 Å². The number of thioether (sulfide) groups is 1. The molecule has 0 aliphatic heterocycles. The third-order valence-corrected chi connectivity index (χ3v) is 6.08. The molecule has 1 N–H and O–H groups in total. The van der Waals surface area contributed by atoms with E-state index in [9.17, 15) is 4.79 Å². The highest BCUT2D eigenvalue weighted by atomic mass is 35.5. The highest BCUT2D eigenvalue weighted by Gasteiger charge is 2.16. The highest BCUT2D eigenvalue weighted by Crippen LogP contribution is 2.31. The predicted octanol–water partition coefficient (Wildman–Crippen LogP) is 6.59. The molecule has 0 aliphatic carbocycles. The number of aromatic nitrogens is 2. The van der Waals surface area contributed by atoms with Crippen molar-refractivity contribution in [1.29, 1.82) is 0 Å². The maximum atomic E-state index is 12.5. The summed E-state index contributed by atoms with van der Waals surface area (Å²) in [5, 5.41) is 4.77. The lowest BCUT2D eigenvalue weighted by atomic mass is 10.1. The molecule has 4 rings (SSSR count). The van der Waals surface area contributed by atoms with E-state index < -0.39 is 0 Å². The van der Waals surface area contributed by atoms with Crippen LogP contribution in [0.15, 0.2) is 84.1 Å². The first-order valence-electron chi connectivity index (χ1n) is 9.70. The molecule has 3 aromatic carbocycles. The lowest BCUT2D eigenvalue weighted by Gasteiger charge is -2.13. The first-order valence-corrected chi connectivity index (χ1v) is 11.4. The molecule has 162 valence electrons. The minimum Gasteiger partial charge on any atom is -0.497 e. The Morgan fingerprint density at radius 1 is 1.03 bits per heavy atom. The minimum atomic E-state index is -0.145. The van der Waals surface area contributed by atoms with Gasteiger partial charge in [0.2, 0.25) is 5.91 Å². The fourth-order valence-corrected chi connectivity index (χ4v) is 4.24. The van der Waals surface area contributed by atoms with Gasteiger partial charge in [-0.05, 0) is 66.7 Å². The number of halogens is 2. The van der Waals surface area contributed by atoms with E-state index in [1.54, 1.807) is 37.6 Å². The van der Waals surface area contributed by atoms with Crippen LogP contribution in [-0.4, -0.2) is 28.3 Å². The summed E-state index contributed by atoms with van der Waals surface area (Å²) in [5.41, 5.74) is 3.43. The molecule has 0 saturated carbocycles. The van der Waals surface area contributed by atoms with Crippen LogP contribution in [0.4, 0.5) is 5.69 Å².